The van der Waals surface area contributed by atoms with Crippen LogP contribution < -0.4 is 0 Å². The van der Waals surface area contributed by atoms with Crippen LogP contribution in [0.5, 0.6) is 0 Å². The van der Waals surface area contributed by atoms with Gasteiger partial charge < -0.3 is 0 Å². The minimum absolute atomic E-state index is 0.260. The van der Waals surface area contributed by atoms with Crippen molar-refractivity contribution in [3.8, 4) is 0 Å². The number of Topliss-reactive ketones (excluding diaryl/α,β-unsaturated/α-hetero) is 1. The Balaban J connectivity index is 2.08. The van der Waals surface area contributed by atoms with E-state index in [1.807, 2.05) is 42.5 Å². The van der Waals surface area contributed by atoms with Gasteiger partial charge in [-0.1, -0.05) is 60.7 Å². The number of carbonyl (C=O) groups is 1. The van der Waals surface area contributed by atoms with Crippen molar-refractivity contribution in [1.82, 2.24) is 0 Å². The fraction of sp³-hybridized carbons (Fsp3) is 0.118. The third-order valence-electron chi connectivity index (χ3n) is 3.34. The van der Waals surface area contributed by atoms with Crippen molar-refractivity contribution < 1.29 is 4.79 Å². The molecule has 0 radical (unpaired) electrons. The zero-order valence-corrected chi connectivity index (χ0v) is 10.1. The van der Waals surface area contributed by atoms with Crippen LogP contribution in [-0.4, -0.2) is 5.78 Å². The molecule has 2 aromatic rings. The molecule has 1 heteroatoms. The summed E-state index contributed by atoms with van der Waals surface area (Å²) in [5.41, 5.74) is 4.41. The summed E-state index contributed by atoms with van der Waals surface area (Å²) in [5.74, 6) is 0.260. The molecule has 0 N–H and O–H groups in total. The summed E-state index contributed by atoms with van der Waals surface area (Å²) in [6, 6.07) is 18.2. The molecule has 2 aromatic carbocycles. The number of fused-ring (bicyclic) bond motifs is 1. The predicted molar refractivity (Wildman–Crippen MR) is 74.3 cm³/mol. The number of hydrogen-bond donors (Lipinski definition) is 0. The largest absolute Gasteiger partial charge is 0.294 e. The van der Waals surface area contributed by atoms with Gasteiger partial charge in [0, 0.05) is 12.0 Å². The number of rotatable bonds is 1. The van der Waals surface area contributed by atoms with Gasteiger partial charge in [-0.25, -0.2) is 0 Å². The summed E-state index contributed by atoms with van der Waals surface area (Å²) in [4.78, 5) is 11.9. The fourth-order valence-electron chi connectivity index (χ4n) is 2.42. The molecular formula is C17H14O. The molecule has 0 aliphatic heterocycles. The van der Waals surface area contributed by atoms with Crippen LogP contribution in [0.15, 0.2) is 54.6 Å². The average molecular weight is 234 g/mol. The molecule has 1 aliphatic rings. The lowest BCUT2D eigenvalue weighted by Gasteiger charge is -2.17. The van der Waals surface area contributed by atoms with Crippen LogP contribution in [0.3, 0.4) is 0 Å². The summed E-state index contributed by atoms with van der Waals surface area (Å²) in [6.45, 7) is 0. The lowest BCUT2D eigenvalue weighted by Crippen LogP contribution is -2.09. The van der Waals surface area contributed by atoms with E-state index in [0.717, 1.165) is 17.5 Å². The Hall–Kier alpha value is -2.15. The summed E-state index contributed by atoms with van der Waals surface area (Å²) >= 11 is 0. The second-order valence-electron chi connectivity index (χ2n) is 4.55. The lowest BCUT2D eigenvalue weighted by molar-refractivity contribution is 0.0981. The maximum absolute atomic E-state index is 11.9. The van der Waals surface area contributed by atoms with Crippen LogP contribution in [0.1, 0.15) is 34.3 Å². The first-order chi connectivity index (χ1) is 8.84. The molecule has 3 rings (SSSR count). The van der Waals surface area contributed by atoms with Gasteiger partial charge in [0.15, 0.2) is 5.78 Å². The Kier molecular flexibility index (Phi) is 2.81. The van der Waals surface area contributed by atoms with Crippen molar-refractivity contribution in [1.29, 1.82) is 0 Å². The van der Waals surface area contributed by atoms with E-state index in [9.17, 15) is 4.79 Å². The summed E-state index contributed by atoms with van der Waals surface area (Å²) in [6.07, 6.45) is 3.64. The van der Waals surface area contributed by atoms with Crippen molar-refractivity contribution >= 4 is 17.4 Å². The third-order valence-corrected chi connectivity index (χ3v) is 3.34. The Morgan fingerprint density at radius 2 is 1.44 bits per heavy atom. The van der Waals surface area contributed by atoms with Gasteiger partial charge in [-0.2, -0.15) is 0 Å². The predicted octanol–water partition coefficient (Wildman–Crippen LogP) is 4.20. The standard InChI is InChI=1S/C17H14O/c18-17-11-10-14(12-13-6-2-1-3-7-13)15-8-4-5-9-16(15)17/h1-9,12H,10-11H2/b14-12+. The highest BCUT2D eigenvalue weighted by atomic mass is 16.1. The van der Waals surface area contributed by atoms with E-state index >= 15 is 0 Å². The first kappa shape index (κ1) is 11.0. The van der Waals surface area contributed by atoms with Gasteiger partial charge in [-0.15, -0.1) is 0 Å². The average Bonchev–Trinajstić information content (AvgIpc) is 2.44. The molecule has 0 saturated carbocycles. The number of hydrogen-bond acceptors (Lipinski definition) is 1. The van der Waals surface area contributed by atoms with E-state index < -0.39 is 0 Å². The molecule has 0 aromatic heterocycles. The highest BCUT2D eigenvalue weighted by Crippen LogP contribution is 2.31. The van der Waals surface area contributed by atoms with E-state index in [-0.39, 0.29) is 5.78 Å². The van der Waals surface area contributed by atoms with E-state index in [1.54, 1.807) is 0 Å². The second kappa shape index (κ2) is 4.61. The van der Waals surface area contributed by atoms with Crippen LogP contribution in [0.4, 0.5) is 0 Å². The normalized spacial score (nSPS) is 16.7. The number of allylic oxidation sites excluding steroid dienone is 1. The van der Waals surface area contributed by atoms with E-state index in [0.29, 0.717) is 6.42 Å². The molecule has 0 heterocycles. The smallest absolute Gasteiger partial charge is 0.163 e. The van der Waals surface area contributed by atoms with Crippen LogP contribution >= 0.6 is 0 Å². The number of ketones is 1. The fourth-order valence-corrected chi connectivity index (χ4v) is 2.42. The topological polar surface area (TPSA) is 17.1 Å². The summed E-state index contributed by atoms with van der Waals surface area (Å²) in [7, 11) is 0. The Morgan fingerprint density at radius 3 is 2.22 bits per heavy atom. The monoisotopic (exact) mass is 234 g/mol. The first-order valence-electron chi connectivity index (χ1n) is 6.23. The molecule has 0 fully saturated rings. The molecular weight excluding hydrogens is 220 g/mol. The maximum atomic E-state index is 11.9. The molecule has 18 heavy (non-hydrogen) atoms. The Labute approximate surface area is 107 Å². The van der Waals surface area contributed by atoms with Crippen molar-refractivity contribution in [2.24, 2.45) is 0 Å². The van der Waals surface area contributed by atoms with Gasteiger partial charge in [-0.05, 0) is 23.1 Å². The highest BCUT2D eigenvalue weighted by molar-refractivity contribution is 6.05. The Bertz CT molecular complexity index is 609. The lowest BCUT2D eigenvalue weighted by atomic mass is 9.85. The van der Waals surface area contributed by atoms with E-state index in [4.69, 9.17) is 0 Å². The molecule has 1 nitrogen and oxygen atoms in total. The first-order valence-corrected chi connectivity index (χ1v) is 6.23. The van der Waals surface area contributed by atoms with Crippen LogP contribution in [-0.2, 0) is 0 Å². The zero-order chi connectivity index (χ0) is 12.4. The minimum atomic E-state index is 0.260. The van der Waals surface area contributed by atoms with Crippen molar-refractivity contribution in [2.45, 2.75) is 12.8 Å². The summed E-state index contributed by atoms with van der Waals surface area (Å²) in [5, 5.41) is 0. The van der Waals surface area contributed by atoms with Gasteiger partial charge in [0.25, 0.3) is 0 Å². The van der Waals surface area contributed by atoms with Gasteiger partial charge in [-0.3, -0.25) is 4.79 Å². The zero-order valence-electron chi connectivity index (χ0n) is 10.1. The van der Waals surface area contributed by atoms with Crippen molar-refractivity contribution in [3.05, 3.63) is 71.3 Å². The minimum Gasteiger partial charge on any atom is -0.294 e. The van der Waals surface area contributed by atoms with E-state index in [2.05, 4.69) is 18.2 Å². The van der Waals surface area contributed by atoms with Crippen LogP contribution in [0.2, 0.25) is 0 Å². The number of benzene rings is 2. The molecule has 1 aliphatic carbocycles. The highest BCUT2D eigenvalue weighted by Gasteiger charge is 2.19. The van der Waals surface area contributed by atoms with Gasteiger partial charge in [0.05, 0.1) is 0 Å². The molecule has 0 unspecified atom stereocenters. The molecule has 0 saturated heterocycles. The van der Waals surface area contributed by atoms with E-state index in [1.165, 1.54) is 11.1 Å². The third kappa shape index (κ3) is 2.00. The molecule has 88 valence electrons. The Morgan fingerprint density at radius 1 is 0.778 bits per heavy atom. The van der Waals surface area contributed by atoms with Gasteiger partial charge in [0.1, 0.15) is 0 Å². The van der Waals surface area contributed by atoms with Crippen LogP contribution in [0, 0.1) is 0 Å². The molecule has 0 spiro atoms. The van der Waals surface area contributed by atoms with Crippen molar-refractivity contribution in [3.63, 3.8) is 0 Å². The SMILES string of the molecule is O=C1CC/C(=C\c2ccccc2)c2ccccc21. The molecule has 0 amide bonds. The number of carbonyl (C=O) groups excluding carboxylic acids is 1. The van der Waals surface area contributed by atoms with Crippen molar-refractivity contribution in [2.75, 3.05) is 0 Å². The molecule has 0 bridgehead atoms. The maximum Gasteiger partial charge on any atom is 0.163 e. The second-order valence-corrected chi connectivity index (χ2v) is 4.55. The summed E-state index contributed by atoms with van der Waals surface area (Å²) < 4.78 is 0. The van der Waals surface area contributed by atoms with Gasteiger partial charge >= 0.3 is 0 Å². The quantitative estimate of drug-likeness (QED) is 0.722. The van der Waals surface area contributed by atoms with Gasteiger partial charge in [0.2, 0.25) is 0 Å². The van der Waals surface area contributed by atoms with Crippen LogP contribution in [0.25, 0.3) is 11.6 Å². The molecule has 0 atom stereocenters.